The molecule has 4 aromatic rings. The topological polar surface area (TPSA) is 38.8 Å². The Kier molecular flexibility index (Phi) is 9.56. The summed E-state index contributed by atoms with van der Waals surface area (Å²) in [7, 11) is 1.70. The molecule has 0 N–H and O–H groups in total. The number of esters is 1. The number of hydrogen-bond acceptors (Lipinski definition) is 4. The summed E-state index contributed by atoms with van der Waals surface area (Å²) in [6.45, 7) is 9.35. The molecule has 0 aliphatic carbocycles. The SMILES string of the molecule is CCOC(=O)C[C@@H](c1cc(-c2c(C)cccc2C)ccc1OC)N(Cc1ccccc1)[C@H](C)c1ccccc1. The maximum absolute atomic E-state index is 13.1. The van der Waals surface area contributed by atoms with E-state index in [0.717, 1.165) is 16.9 Å². The highest BCUT2D eigenvalue weighted by Gasteiger charge is 2.31. The average molecular weight is 522 g/mol. The molecule has 0 amide bonds. The van der Waals surface area contributed by atoms with Gasteiger partial charge in [-0.15, -0.1) is 0 Å². The van der Waals surface area contributed by atoms with Crippen LogP contribution in [0.5, 0.6) is 5.75 Å². The molecule has 4 rings (SSSR count). The van der Waals surface area contributed by atoms with E-state index in [4.69, 9.17) is 9.47 Å². The zero-order valence-electron chi connectivity index (χ0n) is 23.7. The summed E-state index contributed by atoms with van der Waals surface area (Å²) in [6, 6.07) is 33.3. The van der Waals surface area contributed by atoms with Crippen LogP contribution in [0, 0.1) is 13.8 Å². The summed E-state index contributed by atoms with van der Waals surface area (Å²) in [5, 5.41) is 0. The minimum atomic E-state index is -0.279. The molecule has 4 aromatic carbocycles. The van der Waals surface area contributed by atoms with E-state index in [1.165, 1.54) is 27.8 Å². The Labute approximate surface area is 233 Å². The van der Waals surface area contributed by atoms with Crippen LogP contribution in [0.1, 0.15) is 60.2 Å². The van der Waals surface area contributed by atoms with Gasteiger partial charge in [-0.1, -0.05) is 84.9 Å². The van der Waals surface area contributed by atoms with Crippen molar-refractivity contribution in [2.75, 3.05) is 13.7 Å². The highest BCUT2D eigenvalue weighted by Crippen LogP contribution is 2.41. The number of ether oxygens (including phenoxy) is 2. The van der Waals surface area contributed by atoms with Gasteiger partial charge in [0, 0.05) is 24.2 Å². The van der Waals surface area contributed by atoms with Crippen LogP contribution >= 0.6 is 0 Å². The highest BCUT2D eigenvalue weighted by atomic mass is 16.5. The first kappa shape index (κ1) is 28.1. The summed E-state index contributed by atoms with van der Waals surface area (Å²) < 4.78 is 11.4. The van der Waals surface area contributed by atoms with Gasteiger partial charge in [0.15, 0.2) is 0 Å². The van der Waals surface area contributed by atoms with Crippen molar-refractivity contribution in [3.63, 3.8) is 0 Å². The van der Waals surface area contributed by atoms with Crippen LogP contribution < -0.4 is 4.74 Å². The van der Waals surface area contributed by atoms with Crippen molar-refractivity contribution in [1.29, 1.82) is 0 Å². The molecule has 0 aromatic heterocycles. The van der Waals surface area contributed by atoms with Crippen molar-refractivity contribution in [2.45, 2.75) is 52.7 Å². The van der Waals surface area contributed by atoms with E-state index in [9.17, 15) is 4.79 Å². The van der Waals surface area contributed by atoms with E-state index >= 15 is 0 Å². The molecule has 0 radical (unpaired) electrons. The van der Waals surface area contributed by atoms with Gasteiger partial charge in [0.2, 0.25) is 0 Å². The minimum Gasteiger partial charge on any atom is -0.496 e. The summed E-state index contributed by atoms with van der Waals surface area (Å²) >= 11 is 0. The second-order valence-electron chi connectivity index (χ2n) is 9.99. The summed E-state index contributed by atoms with van der Waals surface area (Å²) in [6.07, 6.45) is 0.213. The Balaban J connectivity index is 1.90. The van der Waals surface area contributed by atoms with Gasteiger partial charge in [0.25, 0.3) is 0 Å². The lowest BCUT2D eigenvalue weighted by Crippen LogP contribution is -2.33. The summed E-state index contributed by atoms with van der Waals surface area (Å²) in [5.74, 6) is 0.540. The highest BCUT2D eigenvalue weighted by molar-refractivity contribution is 5.74. The first-order valence-corrected chi connectivity index (χ1v) is 13.7. The van der Waals surface area contributed by atoms with Crippen molar-refractivity contribution >= 4 is 5.97 Å². The van der Waals surface area contributed by atoms with Crippen molar-refractivity contribution in [1.82, 2.24) is 4.90 Å². The molecular formula is C35H39NO3. The predicted octanol–water partition coefficient (Wildman–Crippen LogP) is 8.24. The number of nitrogens with zero attached hydrogens (tertiary/aromatic N) is 1. The van der Waals surface area contributed by atoms with Crippen molar-refractivity contribution in [3.05, 3.63) is 125 Å². The molecule has 0 spiro atoms. The minimum absolute atomic E-state index is 0.0272. The molecule has 4 heteroatoms. The van der Waals surface area contributed by atoms with Crippen LogP contribution in [0.15, 0.2) is 97.1 Å². The van der Waals surface area contributed by atoms with Gasteiger partial charge in [-0.05, 0) is 73.2 Å². The predicted molar refractivity (Wildman–Crippen MR) is 159 cm³/mol. The lowest BCUT2D eigenvalue weighted by molar-refractivity contribution is -0.145. The molecular weight excluding hydrogens is 482 g/mol. The van der Waals surface area contributed by atoms with Crippen LogP contribution in [0.3, 0.4) is 0 Å². The fourth-order valence-electron chi connectivity index (χ4n) is 5.44. The Bertz CT molecular complexity index is 1350. The largest absolute Gasteiger partial charge is 0.496 e. The lowest BCUT2D eigenvalue weighted by atomic mass is 9.90. The smallest absolute Gasteiger partial charge is 0.307 e. The maximum atomic E-state index is 13.1. The second-order valence-corrected chi connectivity index (χ2v) is 9.99. The number of carbonyl (C=O) groups excluding carboxylic acids is 1. The monoisotopic (exact) mass is 521 g/mol. The van der Waals surface area contributed by atoms with Gasteiger partial charge in [-0.25, -0.2) is 0 Å². The van der Waals surface area contributed by atoms with E-state index < -0.39 is 0 Å². The standard InChI is InChI=1S/C35H39NO3/c1-6-39-34(37)23-32(31-22-30(20-21-33(31)38-5)35-25(2)14-13-15-26(35)3)36(24-28-16-9-7-10-17-28)27(4)29-18-11-8-12-19-29/h7-22,27,32H,6,23-24H2,1-5H3/t27-,32+/m1/s1. The molecule has 0 unspecified atom stereocenters. The quantitative estimate of drug-likeness (QED) is 0.186. The number of aryl methyl sites for hydroxylation is 2. The van der Waals surface area contributed by atoms with Crippen LogP contribution in [0.4, 0.5) is 0 Å². The normalized spacial score (nSPS) is 12.7. The van der Waals surface area contributed by atoms with Gasteiger partial charge in [-0.2, -0.15) is 0 Å². The number of hydrogen-bond donors (Lipinski definition) is 0. The van der Waals surface area contributed by atoms with E-state index in [0.29, 0.717) is 13.2 Å². The van der Waals surface area contributed by atoms with Gasteiger partial charge >= 0.3 is 5.97 Å². The molecule has 0 bridgehead atoms. The van der Waals surface area contributed by atoms with E-state index in [-0.39, 0.29) is 24.5 Å². The third kappa shape index (κ3) is 6.76. The van der Waals surface area contributed by atoms with Gasteiger partial charge in [-0.3, -0.25) is 9.69 Å². The average Bonchev–Trinajstić information content (AvgIpc) is 2.95. The molecule has 0 saturated heterocycles. The number of methoxy groups -OCH3 is 1. The van der Waals surface area contributed by atoms with Crippen molar-refractivity contribution < 1.29 is 14.3 Å². The van der Waals surface area contributed by atoms with Crippen LogP contribution in [-0.2, 0) is 16.1 Å². The lowest BCUT2D eigenvalue weighted by Gasteiger charge is -2.37. The maximum Gasteiger partial charge on any atom is 0.307 e. The van der Waals surface area contributed by atoms with Gasteiger partial charge in [0.1, 0.15) is 5.75 Å². The van der Waals surface area contributed by atoms with Gasteiger partial charge in [0.05, 0.1) is 20.1 Å². The molecule has 0 fully saturated rings. The molecule has 4 nitrogen and oxygen atoms in total. The molecule has 0 aliphatic rings. The Morgan fingerprint density at radius 2 is 1.49 bits per heavy atom. The number of benzene rings is 4. The molecule has 0 heterocycles. The summed E-state index contributed by atoms with van der Waals surface area (Å²) in [5.41, 5.74) is 8.10. The Hall–Kier alpha value is -3.89. The third-order valence-corrected chi connectivity index (χ3v) is 7.41. The zero-order chi connectivity index (χ0) is 27.8. The zero-order valence-corrected chi connectivity index (χ0v) is 23.7. The third-order valence-electron chi connectivity index (χ3n) is 7.41. The van der Waals surface area contributed by atoms with E-state index in [2.05, 4.69) is 105 Å². The molecule has 2 atom stereocenters. The fourth-order valence-corrected chi connectivity index (χ4v) is 5.44. The number of rotatable bonds is 11. The van der Waals surface area contributed by atoms with E-state index in [1.807, 2.05) is 25.1 Å². The Morgan fingerprint density at radius 1 is 0.846 bits per heavy atom. The van der Waals surface area contributed by atoms with Crippen LogP contribution in [0.2, 0.25) is 0 Å². The fraction of sp³-hybridized carbons (Fsp3) is 0.286. The van der Waals surface area contributed by atoms with Crippen molar-refractivity contribution in [2.24, 2.45) is 0 Å². The first-order chi connectivity index (χ1) is 18.9. The molecule has 202 valence electrons. The van der Waals surface area contributed by atoms with Crippen LogP contribution in [0.25, 0.3) is 11.1 Å². The molecule has 0 saturated carbocycles. The van der Waals surface area contributed by atoms with Crippen LogP contribution in [-0.4, -0.2) is 24.6 Å². The number of carbonyl (C=O) groups is 1. The first-order valence-electron chi connectivity index (χ1n) is 13.7. The van der Waals surface area contributed by atoms with E-state index in [1.54, 1.807) is 7.11 Å². The van der Waals surface area contributed by atoms with Gasteiger partial charge < -0.3 is 9.47 Å². The second kappa shape index (κ2) is 13.3. The van der Waals surface area contributed by atoms with Crippen molar-refractivity contribution in [3.8, 4) is 16.9 Å². The molecule has 39 heavy (non-hydrogen) atoms. The summed E-state index contributed by atoms with van der Waals surface area (Å²) in [4.78, 5) is 15.5. The Morgan fingerprint density at radius 3 is 2.10 bits per heavy atom. The molecule has 0 aliphatic heterocycles.